The van der Waals surface area contributed by atoms with Crippen LogP contribution >= 0.6 is 0 Å². The number of morpholine rings is 1. The Labute approximate surface area is 244 Å². The zero-order chi connectivity index (χ0) is 30.2. The van der Waals surface area contributed by atoms with Crippen LogP contribution < -0.4 is 20.7 Å². The molecule has 1 aromatic carbocycles. The average Bonchev–Trinajstić information content (AvgIpc) is 2.96. The predicted octanol–water partition coefficient (Wildman–Crippen LogP) is 0.720. The number of hydrogen-bond acceptors (Lipinski definition) is 9. The molecule has 3 aliphatic heterocycles. The highest BCUT2D eigenvalue weighted by atomic mass is 19.1. The number of ether oxygens (including phenoxy) is 2. The Morgan fingerprint density at radius 3 is 2.62 bits per heavy atom. The van der Waals surface area contributed by atoms with E-state index in [1.54, 1.807) is 23.1 Å². The van der Waals surface area contributed by atoms with E-state index in [2.05, 4.69) is 33.9 Å². The van der Waals surface area contributed by atoms with E-state index >= 15 is 0 Å². The summed E-state index contributed by atoms with van der Waals surface area (Å²) in [6.45, 7) is 9.75. The van der Waals surface area contributed by atoms with Gasteiger partial charge in [0.05, 0.1) is 26.3 Å². The molecule has 2 fully saturated rings. The summed E-state index contributed by atoms with van der Waals surface area (Å²) in [5.41, 5.74) is 7.60. The largest absolute Gasteiger partial charge is 0.483 e. The van der Waals surface area contributed by atoms with Crippen molar-refractivity contribution in [2.75, 3.05) is 64.0 Å². The lowest BCUT2D eigenvalue weighted by Crippen LogP contribution is -2.62. The van der Waals surface area contributed by atoms with Gasteiger partial charge in [-0.2, -0.15) is 0 Å². The van der Waals surface area contributed by atoms with Crippen molar-refractivity contribution in [2.45, 2.75) is 38.4 Å². The van der Waals surface area contributed by atoms with Gasteiger partial charge in [-0.15, -0.1) is 0 Å². The number of carbonyl (C=O) groups excluding carboxylic acids is 2. The maximum Gasteiger partial charge on any atom is 0.290 e. The van der Waals surface area contributed by atoms with E-state index in [1.807, 2.05) is 0 Å². The molecule has 2 aromatic rings. The van der Waals surface area contributed by atoms with Crippen molar-refractivity contribution < 1.29 is 33.4 Å². The van der Waals surface area contributed by atoms with Crippen LogP contribution in [0.2, 0.25) is 0 Å². The number of nitrogens with zero attached hydrogens (tertiary/aromatic N) is 4. The van der Waals surface area contributed by atoms with Gasteiger partial charge in [0.15, 0.2) is 0 Å². The Kier molecular flexibility index (Phi) is 10.8. The highest BCUT2D eigenvalue weighted by Crippen LogP contribution is 2.33. The maximum absolute atomic E-state index is 13.8. The Balaban J connectivity index is 0.00000129. The molecule has 42 heavy (non-hydrogen) atoms. The van der Waals surface area contributed by atoms with Crippen molar-refractivity contribution >= 4 is 24.0 Å². The van der Waals surface area contributed by atoms with Crippen LogP contribution in [0.3, 0.4) is 0 Å². The third-order valence-corrected chi connectivity index (χ3v) is 7.75. The third kappa shape index (κ3) is 7.79. The Morgan fingerprint density at radius 2 is 1.93 bits per heavy atom. The fraction of sp³-hybridized carbons (Fsp3) is 0.517. The minimum absolute atomic E-state index is 0.0463. The SMILES string of the molecule is CC1COCCN1C[C@H]1CN[C@H](C)CN1CC(=O)N1CCOc2nc(C(N)=O)c(Cc3ccc(F)cc3)cc21.O=CO. The number of pyridine rings is 1. The molecule has 12 nitrogen and oxygen atoms in total. The fourth-order valence-corrected chi connectivity index (χ4v) is 5.58. The molecule has 1 aromatic heterocycles. The highest BCUT2D eigenvalue weighted by molar-refractivity contribution is 5.98. The number of rotatable bonds is 7. The summed E-state index contributed by atoms with van der Waals surface area (Å²) in [4.78, 5) is 45.2. The second-order valence-corrected chi connectivity index (χ2v) is 10.8. The summed E-state index contributed by atoms with van der Waals surface area (Å²) >= 11 is 0. The molecule has 1 unspecified atom stereocenters. The summed E-state index contributed by atoms with van der Waals surface area (Å²) in [5, 5.41) is 10.5. The minimum atomic E-state index is -0.683. The van der Waals surface area contributed by atoms with Crippen LogP contribution in [-0.4, -0.2) is 115 Å². The number of fused-ring (bicyclic) bond motifs is 1. The maximum atomic E-state index is 13.8. The Bertz CT molecular complexity index is 1250. The van der Waals surface area contributed by atoms with Crippen LogP contribution in [0.25, 0.3) is 0 Å². The minimum Gasteiger partial charge on any atom is -0.483 e. The van der Waals surface area contributed by atoms with E-state index in [0.717, 1.165) is 45.0 Å². The van der Waals surface area contributed by atoms with Gasteiger partial charge in [0.25, 0.3) is 12.4 Å². The van der Waals surface area contributed by atoms with Crippen molar-refractivity contribution in [3.8, 4) is 5.88 Å². The van der Waals surface area contributed by atoms with Crippen molar-refractivity contribution in [3.05, 3.63) is 53.0 Å². The second-order valence-electron chi connectivity index (χ2n) is 10.8. The van der Waals surface area contributed by atoms with E-state index in [9.17, 15) is 14.0 Å². The van der Waals surface area contributed by atoms with E-state index < -0.39 is 5.91 Å². The quantitative estimate of drug-likeness (QED) is 0.396. The Morgan fingerprint density at radius 1 is 1.19 bits per heavy atom. The first kappa shape index (κ1) is 31.3. The van der Waals surface area contributed by atoms with Gasteiger partial charge in [-0.3, -0.25) is 24.2 Å². The second kappa shape index (κ2) is 14.5. The molecule has 0 bridgehead atoms. The first-order chi connectivity index (χ1) is 20.2. The van der Waals surface area contributed by atoms with E-state index in [0.29, 0.717) is 30.3 Å². The number of nitrogens with one attached hydrogen (secondary N) is 1. The molecule has 2 amide bonds. The van der Waals surface area contributed by atoms with Crippen LogP contribution in [0.4, 0.5) is 10.1 Å². The fourth-order valence-electron chi connectivity index (χ4n) is 5.58. The molecule has 3 aliphatic rings. The van der Waals surface area contributed by atoms with E-state index in [1.165, 1.54) is 12.1 Å². The van der Waals surface area contributed by atoms with Crippen molar-refractivity contribution in [2.24, 2.45) is 5.73 Å². The standard InChI is InChI=1S/C28H37FN6O4.CH2O2/c1-18-14-34(23(13-31-18)15-33-7-9-38-17-19(33)2)16-25(36)35-8-10-39-28-24(35)12-21(26(32-28)27(30)37)11-20-3-5-22(29)6-4-20;2-1-3/h3-6,12,18-19,23,31H,7-11,13-17H2,1-2H3,(H2,30,37);1H,(H,2,3)/t18-,19?,23-;/m1./s1. The molecule has 0 aliphatic carbocycles. The molecule has 5 rings (SSSR count). The zero-order valence-electron chi connectivity index (χ0n) is 24.0. The first-order valence-electron chi connectivity index (χ1n) is 14.1. The molecule has 0 saturated carbocycles. The monoisotopic (exact) mass is 586 g/mol. The molecule has 2 saturated heterocycles. The molecular weight excluding hydrogens is 547 g/mol. The molecule has 0 radical (unpaired) electrons. The van der Waals surface area contributed by atoms with Gasteiger partial charge in [0.2, 0.25) is 11.8 Å². The van der Waals surface area contributed by atoms with Crippen LogP contribution in [-0.2, 0) is 20.7 Å². The summed E-state index contributed by atoms with van der Waals surface area (Å²) < 4.78 is 24.8. The molecule has 4 heterocycles. The molecule has 0 spiro atoms. The number of primary amides is 1. The molecule has 3 atom stereocenters. The van der Waals surface area contributed by atoms with Crippen molar-refractivity contribution in [1.82, 2.24) is 20.1 Å². The van der Waals surface area contributed by atoms with Gasteiger partial charge in [0.1, 0.15) is 23.8 Å². The number of benzene rings is 1. The molecular formula is C29H39FN6O6. The van der Waals surface area contributed by atoms with Crippen LogP contribution in [0, 0.1) is 5.82 Å². The number of piperazine rings is 1. The lowest BCUT2D eigenvalue weighted by Gasteiger charge is -2.44. The molecule has 228 valence electrons. The van der Waals surface area contributed by atoms with Gasteiger partial charge in [-0.25, -0.2) is 9.37 Å². The molecule has 4 N–H and O–H groups in total. The first-order valence-corrected chi connectivity index (χ1v) is 14.1. The normalized spacial score (nSPS) is 22.7. The third-order valence-electron chi connectivity index (χ3n) is 7.75. The number of halogens is 1. The summed E-state index contributed by atoms with van der Waals surface area (Å²) in [6, 6.07) is 8.60. The van der Waals surface area contributed by atoms with Crippen LogP contribution in [0.15, 0.2) is 30.3 Å². The number of aromatic nitrogens is 1. The number of hydrogen-bond donors (Lipinski definition) is 3. The van der Waals surface area contributed by atoms with Crippen molar-refractivity contribution in [1.29, 1.82) is 0 Å². The number of anilines is 1. The van der Waals surface area contributed by atoms with Crippen molar-refractivity contribution in [3.63, 3.8) is 0 Å². The van der Waals surface area contributed by atoms with Crippen LogP contribution in [0.1, 0.15) is 35.5 Å². The van der Waals surface area contributed by atoms with Gasteiger partial charge in [-0.05, 0) is 49.6 Å². The van der Waals surface area contributed by atoms with Gasteiger partial charge in [-0.1, -0.05) is 12.1 Å². The van der Waals surface area contributed by atoms with Gasteiger partial charge >= 0.3 is 0 Å². The van der Waals surface area contributed by atoms with E-state index in [4.69, 9.17) is 25.1 Å². The lowest BCUT2D eigenvalue weighted by molar-refractivity contribution is -0.123. The summed E-state index contributed by atoms with van der Waals surface area (Å²) in [7, 11) is 0. The van der Waals surface area contributed by atoms with Crippen LogP contribution in [0.5, 0.6) is 5.88 Å². The summed E-state index contributed by atoms with van der Waals surface area (Å²) in [5.74, 6) is -0.850. The summed E-state index contributed by atoms with van der Waals surface area (Å²) in [6.07, 6.45) is 0.315. The zero-order valence-corrected chi connectivity index (χ0v) is 24.0. The van der Waals surface area contributed by atoms with E-state index in [-0.39, 0.29) is 55.0 Å². The lowest BCUT2D eigenvalue weighted by atomic mass is 10.0. The number of amides is 2. The number of carboxylic acid groups (broad SMARTS) is 1. The molecule has 13 heteroatoms. The topological polar surface area (TPSA) is 151 Å². The highest BCUT2D eigenvalue weighted by Gasteiger charge is 2.34. The number of nitrogens with two attached hydrogens (primary N) is 1. The average molecular weight is 587 g/mol. The predicted molar refractivity (Wildman–Crippen MR) is 153 cm³/mol. The van der Waals surface area contributed by atoms with Gasteiger partial charge < -0.3 is 30.5 Å². The number of carbonyl (C=O) groups is 3. The smallest absolute Gasteiger partial charge is 0.290 e. The Hall–Kier alpha value is -3.65. The van der Waals surface area contributed by atoms with Gasteiger partial charge in [0, 0.05) is 44.3 Å².